The van der Waals surface area contributed by atoms with E-state index in [1.807, 2.05) is 10.9 Å². The second-order valence-electron chi connectivity index (χ2n) is 5.36. The Labute approximate surface area is 125 Å². The quantitative estimate of drug-likeness (QED) is 0.877. The Morgan fingerprint density at radius 3 is 2.50 bits per heavy atom. The van der Waals surface area contributed by atoms with Gasteiger partial charge in [0.1, 0.15) is 12.4 Å². The number of aryl methyl sites for hydroxylation is 2. The molecule has 0 amide bonds. The molecule has 2 aromatic rings. The van der Waals surface area contributed by atoms with Crippen LogP contribution in [0.2, 0.25) is 0 Å². The number of hydrogen-bond acceptors (Lipinski definition) is 4. The molecule has 0 bridgehead atoms. The van der Waals surface area contributed by atoms with Crippen LogP contribution in [0, 0.1) is 13.8 Å². The molecule has 0 aliphatic heterocycles. The SMILES string of the molecule is Cc1cc(CNC(C)C)cc(C)c1OCc1cscn1. The molecule has 1 heterocycles. The number of nitrogens with zero attached hydrogens (tertiary/aromatic N) is 1. The number of ether oxygens (including phenoxy) is 1. The minimum absolute atomic E-state index is 0.496. The smallest absolute Gasteiger partial charge is 0.131 e. The third-order valence-electron chi connectivity index (χ3n) is 3.08. The van der Waals surface area contributed by atoms with E-state index in [4.69, 9.17) is 4.74 Å². The van der Waals surface area contributed by atoms with Gasteiger partial charge >= 0.3 is 0 Å². The van der Waals surface area contributed by atoms with Gasteiger partial charge in [-0.15, -0.1) is 11.3 Å². The zero-order valence-corrected chi connectivity index (χ0v) is 13.4. The van der Waals surface area contributed by atoms with E-state index in [0.29, 0.717) is 12.6 Å². The summed E-state index contributed by atoms with van der Waals surface area (Å²) in [5, 5.41) is 5.46. The molecule has 3 nitrogen and oxygen atoms in total. The molecule has 4 heteroatoms. The van der Waals surface area contributed by atoms with Crippen LogP contribution in [0.15, 0.2) is 23.0 Å². The summed E-state index contributed by atoms with van der Waals surface area (Å²) in [6.07, 6.45) is 0. The Kier molecular flexibility index (Phi) is 5.15. The third kappa shape index (κ3) is 4.05. The molecule has 0 atom stereocenters. The second-order valence-corrected chi connectivity index (χ2v) is 6.08. The minimum atomic E-state index is 0.496. The van der Waals surface area contributed by atoms with Crippen molar-refractivity contribution in [1.82, 2.24) is 10.3 Å². The van der Waals surface area contributed by atoms with Crippen molar-refractivity contribution in [1.29, 1.82) is 0 Å². The number of nitrogens with one attached hydrogen (secondary N) is 1. The van der Waals surface area contributed by atoms with Crippen molar-refractivity contribution in [3.8, 4) is 5.75 Å². The van der Waals surface area contributed by atoms with Crippen molar-refractivity contribution in [3.05, 3.63) is 45.4 Å². The van der Waals surface area contributed by atoms with Gasteiger partial charge in [-0.3, -0.25) is 0 Å². The Morgan fingerprint density at radius 1 is 1.25 bits per heavy atom. The fraction of sp³-hybridized carbons (Fsp3) is 0.438. The van der Waals surface area contributed by atoms with Gasteiger partial charge in [-0.1, -0.05) is 26.0 Å². The summed E-state index contributed by atoms with van der Waals surface area (Å²) in [7, 11) is 0. The Hall–Kier alpha value is -1.39. The number of benzene rings is 1. The largest absolute Gasteiger partial charge is 0.487 e. The molecule has 0 fully saturated rings. The average Bonchev–Trinajstić information content (AvgIpc) is 2.88. The fourth-order valence-electron chi connectivity index (χ4n) is 2.15. The van der Waals surface area contributed by atoms with Gasteiger partial charge < -0.3 is 10.1 Å². The number of rotatable bonds is 6. The zero-order valence-electron chi connectivity index (χ0n) is 12.6. The van der Waals surface area contributed by atoms with E-state index in [2.05, 4.69) is 50.1 Å². The lowest BCUT2D eigenvalue weighted by Gasteiger charge is -2.15. The first-order chi connectivity index (χ1) is 9.56. The predicted molar refractivity (Wildman–Crippen MR) is 84.3 cm³/mol. The summed E-state index contributed by atoms with van der Waals surface area (Å²) < 4.78 is 5.92. The van der Waals surface area contributed by atoms with Gasteiger partial charge in [0, 0.05) is 18.0 Å². The van der Waals surface area contributed by atoms with Crippen molar-refractivity contribution < 1.29 is 4.74 Å². The highest BCUT2D eigenvalue weighted by atomic mass is 32.1. The van der Waals surface area contributed by atoms with Gasteiger partial charge in [-0.05, 0) is 30.5 Å². The van der Waals surface area contributed by atoms with Crippen LogP contribution in [-0.2, 0) is 13.2 Å². The van der Waals surface area contributed by atoms with Crippen LogP contribution in [0.4, 0.5) is 0 Å². The monoisotopic (exact) mass is 290 g/mol. The Morgan fingerprint density at radius 2 is 1.95 bits per heavy atom. The van der Waals surface area contributed by atoms with Gasteiger partial charge in [0.05, 0.1) is 11.2 Å². The van der Waals surface area contributed by atoms with Gasteiger partial charge in [0.15, 0.2) is 0 Å². The fourth-order valence-corrected chi connectivity index (χ4v) is 2.69. The summed E-state index contributed by atoms with van der Waals surface area (Å²) in [6, 6.07) is 4.88. The van der Waals surface area contributed by atoms with E-state index in [-0.39, 0.29) is 0 Å². The van der Waals surface area contributed by atoms with Gasteiger partial charge in [0.2, 0.25) is 0 Å². The van der Waals surface area contributed by atoms with E-state index >= 15 is 0 Å². The van der Waals surface area contributed by atoms with Crippen LogP contribution in [-0.4, -0.2) is 11.0 Å². The van der Waals surface area contributed by atoms with Crippen molar-refractivity contribution in [2.75, 3.05) is 0 Å². The molecule has 0 saturated carbocycles. The lowest BCUT2D eigenvalue weighted by molar-refractivity contribution is 0.298. The van der Waals surface area contributed by atoms with Crippen LogP contribution in [0.5, 0.6) is 5.75 Å². The van der Waals surface area contributed by atoms with Gasteiger partial charge in [-0.2, -0.15) is 0 Å². The van der Waals surface area contributed by atoms with E-state index in [1.54, 1.807) is 11.3 Å². The summed E-state index contributed by atoms with van der Waals surface area (Å²) >= 11 is 1.60. The first-order valence-electron chi connectivity index (χ1n) is 6.89. The molecule has 2 rings (SSSR count). The maximum absolute atomic E-state index is 5.92. The maximum Gasteiger partial charge on any atom is 0.131 e. The van der Waals surface area contributed by atoms with Crippen molar-refractivity contribution >= 4 is 11.3 Å². The molecule has 0 spiro atoms. The first kappa shape index (κ1) is 15.0. The summed E-state index contributed by atoms with van der Waals surface area (Å²) in [4.78, 5) is 4.24. The molecular formula is C16H22N2OS. The van der Waals surface area contributed by atoms with Crippen LogP contribution < -0.4 is 10.1 Å². The molecule has 1 aromatic carbocycles. The predicted octanol–water partition coefficient (Wildman–Crippen LogP) is 3.84. The molecule has 1 aromatic heterocycles. The molecule has 0 aliphatic carbocycles. The maximum atomic E-state index is 5.92. The van der Waals surface area contributed by atoms with E-state index < -0.39 is 0 Å². The van der Waals surface area contributed by atoms with E-state index in [1.165, 1.54) is 16.7 Å². The van der Waals surface area contributed by atoms with Crippen molar-refractivity contribution in [3.63, 3.8) is 0 Å². The molecule has 1 N–H and O–H groups in total. The van der Waals surface area contributed by atoms with Crippen molar-refractivity contribution in [2.24, 2.45) is 0 Å². The lowest BCUT2D eigenvalue weighted by atomic mass is 10.1. The first-order valence-corrected chi connectivity index (χ1v) is 7.84. The molecule has 20 heavy (non-hydrogen) atoms. The van der Waals surface area contributed by atoms with Gasteiger partial charge in [0.25, 0.3) is 0 Å². The van der Waals surface area contributed by atoms with Crippen LogP contribution in [0.3, 0.4) is 0 Å². The van der Waals surface area contributed by atoms with E-state index in [0.717, 1.165) is 18.0 Å². The molecule has 0 unspecified atom stereocenters. The normalized spacial score (nSPS) is 11.1. The molecule has 0 aliphatic rings. The minimum Gasteiger partial charge on any atom is -0.487 e. The topological polar surface area (TPSA) is 34.1 Å². The highest BCUT2D eigenvalue weighted by Gasteiger charge is 2.08. The van der Waals surface area contributed by atoms with Crippen molar-refractivity contribution in [2.45, 2.75) is 46.9 Å². The van der Waals surface area contributed by atoms with Crippen LogP contribution in [0.1, 0.15) is 36.2 Å². The van der Waals surface area contributed by atoms with E-state index in [9.17, 15) is 0 Å². The number of aromatic nitrogens is 1. The van der Waals surface area contributed by atoms with Crippen LogP contribution >= 0.6 is 11.3 Å². The number of hydrogen-bond donors (Lipinski definition) is 1. The Bertz CT molecular complexity index is 527. The summed E-state index contributed by atoms with van der Waals surface area (Å²) in [5.41, 5.74) is 6.48. The molecular weight excluding hydrogens is 268 g/mol. The standard InChI is InChI=1S/C16H22N2OS/c1-11(2)17-7-14-5-12(3)16(13(4)6-14)19-8-15-9-20-10-18-15/h5-6,9-11,17H,7-8H2,1-4H3. The molecule has 0 radical (unpaired) electrons. The second kappa shape index (κ2) is 6.86. The zero-order chi connectivity index (χ0) is 14.5. The number of thiazole rings is 1. The highest BCUT2D eigenvalue weighted by molar-refractivity contribution is 7.07. The molecule has 0 saturated heterocycles. The summed E-state index contributed by atoms with van der Waals surface area (Å²) in [6.45, 7) is 9.95. The van der Waals surface area contributed by atoms with Crippen LogP contribution in [0.25, 0.3) is 0 Å². The van der Waals surface area contributed by atoms with Gasteiger partial charge in [-0.25, -0.2) is 4.98 Å². The lowest BCUT2D eigenvalue weighted by Crippen LogP contribution is -2.21. The summed E-state index contributed by atoms with van der Waals surface area (Å²) in [5.74, 6) is 0.978. The highest BCUT2D eigenvalue weighted by Crippen LogP contribution is 2.25. The average molecular weight is 290 g/mol. The third-order valence-corrected chi connectivity index (χ3v) is 3.72. The molecule has 108 valence electrons. The Balaban J connectivity index is 2.06.